The second-order valence-corrected chi connectivity index (χ2v) is 4.30. The highest BCUT2D eigenvalue weighted by Gasteiger charge is 2.31. The van der Waals surface area contributed by atoms with Crippen molar-refractivity contribution in [3.63, 3.8) is 0 Å². The van der Waals surface area contributed by atoms with Gasteiger partial charge >= 0.3 is 6.18 Å². The summed E-state index contributed by atoms with van der Waals surface area (Å²) in [5.41, 5.74) is 6.17. The topological polar surface area (TPSA) is 26.0 Å². The summed E-state index contributed by atoms with van der Waals surface area (Å²) >= 11 is 0. The molecule has 1 aromatic rings. The second kappa shape index (κ2) is 4.09. The lowest BCUT2D eigenvalue weighted by molar-refractivity contribution is -0.137. The number of alkyl halides is 3. The molecule has 4 heteroatoms. The second-order valence-electron chi connectivity index (χ2n) is 4.30. The molecule has 0 aliphatic carbocycles. The van der Waals surface area contributed by atoms with Crippen molar-refractivity contribution >= 4 is 0 Å². The van der Waals surface area contributed by atoms with Gasteiger partial charge in [-0.25, -0.2) is 0 Å². The first kappa shape index (κ1) is 13.0. The maximum atomic E-state index is 12.4. The number of aryl methyl sites for hydroxylation is 1. The molecular formula is C12H16F3N. The Morgan fingerprint density at radius 3 is 2.19 bits per heavy atom. The number of hydrogen-bond donors (Lipinski definition) is 1. The first-order valence-corrected chi connectivity index (χ1v) is 5.15. The van der Waals surface area contributed by atoms with Crippen molar-refractivity contribution in [3.05, 3.63) is 34.9 Å². The summed E-state index contributed by atoms with van der Waals surface area (Å²) in [5, 5.41) is 0. The van der Waals surface area contributed by atoms with Crippen LogP contribution >= 0.6 is 0 Å². The maximum absolute atomic E-state index is 12.4. The van der Waals surface area contributed by atoms with E-state index in [1.807, 2.05) is 13.8 Å². The average molecular weight is 231 g/mol. The summed E-state index contributed by atoms with van der Waals surface area (Å²) in [5.74, 6) is 0. The Bertz CT molecular complexity index is 380. The van der Waals surface area contributed by atoms with Crippen molar-refractivity contribution in [1.82, 2.24) is 0 Å². The lowest BCUT2D eigenvalue weighted by Gasteiger charge is -2.26. The zero-order chi connectivity index (χ0) is 12.6. The van der Waals surface area contributed by atoms with Crippen LogP contribution in [0, 0.1) is 6.92 Å². The highest BCUT2D eigenvalue weighted by molar-refractivity contribution is 5.36. The van der Waals surface area contributed by atoms with Gasteiger partial charge in [0.25, 0.3) is 0 Å². The fourth-order valence-corrected chi connectivity index (χ4v) is 1.67. The molecule has 1 atom stereocenters. The summed E-state index contributed by atoms with van der Waals surface area (Å²) in [6, 6.07) is 3.71. The van der Waals surface area contributed by atoms with Gasteiger partial charge in [0.1, 0.15) is 0 Å². The van der Waals surface area contributed by atoms with Crippen LogP contribution < -0.4 is 5.73 Å². The van der Waals surface area contributed by atoms with Crippen LogP contribution in [-0.2, 0) is 11.7 Å². The minimum Gasteiger partial charge on any atom is -0.322 e. The Morgan fingerprint density at radius 1 is 1.25 bits per heavy atom. The molecule has 16 heavy (non-hydrogen) atoms. The van der Waals surface area contributed by atoms with Crippen molar-refractivity contribution < 1.29 is 13.2 Å². The van der Waals surface area contributed by atoms with Crippen LogP contribution in [0.4, 0.5) is 13.2 Å². The van der Waals surface area contributed by atoms with Crippen LogP contribution in [0.5, 0.6) is 0 Å². The third kappa shape index (κ3) is 2.55. The zero-order valence-corrected chi connectivity index (χ0v) is 9.65. The molecule has 90 valence electrons. The van der Waals surface area contributed by atoms with Crippen molar-refractivity contribution in [1.29, 1.82) is 0 Å². The first-order valence-electron chi connectivity index (χ1n) is 5.15. The average Bonchev–Trinajstić information content (AvgIpc) is 2.16. The number of hydrogen-bond acceptors (Lipinski definition) is 1. The molecule has 0 aromatic heterocycles. The van der Waals surface area contributed by atoms with E-state index in [-0.39, 0.29) is 0 Å². The minimum atomic E-state index is -4.29. The number of halogens is 3. The highest BCUT2D eigenvalue weighted by atomic mass is 19.4. The van der Waals surface area contributed by atoms with E-state index < -0.39 is 17.3 Å². The molecule has 1 aromatic carbocycles. The van der Waals surface area contributed by atoms with Crippen LogP contribution in [0.2, 0.25) is 0 Å². The summed E-state index contributed by atoms with van der Waals surface area (Å²) < 4.78 is 37.3. The first-order chi connectivity index (χ1) is 7.18. The molecule has 1 unspecified atom stereocenters. The predicted molar refractivity (Wildman–Crippen MR) is 58.0 cm³/mol. The highest BCUT2D eigenvalue weighted by Crippen LogP contribution is 2.33. The van der Waals surface area contributed by atoms with E-state index in [0.717, 1.165) is 17.7 Å². The summed E-state index contributed by atoms with van der Waals surface area (Å²) in [6.07, 6.45) is -3.61. The lowest BCUT2D eigenvalue weighted by atomic mass is 9.86. The van der Waals surface area contributed by atoms with Crippen LogP contribution in [0.3, 0.4) is 0 Å². The molecule has 0 saturated carbocycles. The fourth-order valence-electron chi connectivity index (χ4n) is 1.67. The minimum absolute atomic E-state index is 0.575. The zero-order valence-electron chi connectivity index (χ0n) is 9.65. The van der Waals surface area contributed by atoms with Gasteiger partial charge in [0, 0.05) is 5.54 Å². The van der Waals surface area contributed by atoms with Gasteiger partial charge in [0.15, 0.2) is 0 Å². The molecule has 0 heterocycles. The molecule has 0 aliphatic rings. The monoisotopic (exact) mass is 231 g/mol. The third-order valence-corrected chi connectivity index (χ3v) is 2.90. The van der Waals surface area contributed by atoms with Gasteiger partial charge < -0.3 is 5.73 Å². The Labute approximate surface area is 93.5 Å². The van der Waals surface area contributed by atoms with Crippen LogP contribution in [0.1, 0.15) is 37.0 Å². The molecule has 0 fully saturated rings. The van der Waals surface area contributed by atoms with Crippen LogP contribution in [0.15, 0.2) is 18.2 Å². The summed E-state index contributed by atoms with van der Waals surface area (Å²) in [4.78, 5) is 0. The number of nitrogens with two attached hydrogens (primary N) is 1. The van der Waals surface area contributed by atoms with E-state index in [9.17, 15) is 13.2 Å². The van der Waals surface area contributed by atoms with Gasteiger partial charge in [0.2, 0.25) is 0 Å². The normalized spacial score (nSPS) is 15.9. The van der Waals surface area contributed by atoms with Crippen LogP contribution in [0.25, 0.3) is 0 Å². The van der Waals surface area contributed by atoms with Gasteiger partial charge in [-0.15, -0.1) is 0 Å². The quantitative estimate of drug-likeness (QED) is 0.826. The van der Waals surface area contributed by atoms with Crippen molar-refractivity contribution in [2.45, 2.75) is 38.9 Å². The van der Waals surface area contributed by atoms with Gasteiger partial charge in [-0.1, -0.05) is 13.0 Å². The van der Waals surface area contributed by atoms with E-state index in [1.54, 1.807) is 6.92 Å². The molecule has 0 aliphatic heterocycles. The molecule has 0 bridgehead atoms. The molecule has 2 N–H and O–H groups in total. The van der Waals surface area contributed by atoms with E-state index in [2.05, 4.69) is 0 Å². The lowest BCUT2D eigenvalue weighted by Crippen LogP contribution is -2.33. The number of rotatable bonds is 2. The molecule has 1 rings (SSSR count). The molecule has 0 amide bonds. The Hall–Kier alpha value is -1.03. The molecule has 1 nitrogen and oxygen atoms in total. The Balaban J connectivity index is 3.20. The van der Waals surface area contributed by atoms with Crippen molar-refractivity contribution in [3.8, 4) is 0 Å². The maximum Gasteiger partial charge on any atom is 0.416 e. The summed E-state index contributed by atoms with van der Waals surface area (Å²) in [6.45, 7) is 5.39. The summed E-state index contributed by atoms with van der Waals surface area (Å²) in [7, 11) is 0. The van der Waals surface area contributed by atoms with Gasteiger partial charge in [-0.3, -0.25) is 0 Å². The Morgan fingerprint density at radius 2 is 1.81 bits per heavy atom. The standard InChI is InChI=1S/C12H16F3N/c1-4-11(3,16)10-6-5-9(7-8(10)2)12(13,14)15/h5-7H,4,16H2,1-3H3. The largest absolute Gasteiger partial charge is 0.416 e. The molecule has 0 spiro atoms. The number of benzene rings is 1. The smallest absolute Gasteiger partial charge is 0.322 e. The molecule has 0 radical (unpaired) electrons. The van der Waals surface area contributed by atoms with E-state index in [4.69, 9.17) is 5.73 Å². The predicted octanol–water partition coefficient (Wildman–Crippen LogP) is 3.60. The van der Waals surface area contributed by atoms with Crippen molar-refractivity contribution in [2.24, 2.45) is 5.73 Å². The van der Waals surface area contributed by atoms with Gasteiger partial charge in [-0.05, 0) is 43.5 Å². The van der Waals surface area contributed by atoms with Crippen molar-refractivity contribution in [2.75, 3.05) is 0 Å². The fraction of sp³-hybridized carbons (Fsp3) is 0.500. The van der Waals surface area contributed by atoms with Gasteiger partial charge in [0.05, 0.1) is 5.56 Å². The van der Waals surface area contributed by atoms with E-state index in [0.29, 0.717) is 12.0 Å². The Kier molecular flexibility index (Phi) is 3.33. The van der Waals surface area contributed by atoms with E-state index in [1.165, 1.54) is 6.07 Å². The van der Waals surface area contributed by atoms with Crippen LogP contribution in [-0.4, -0.2) is 0 Å². The molecular weight excluding hydrogens is 215 g/mol. The SMILES string of the molecule is CCC(C)(N)c1ccc(C(F)(F)F)cc1C. The van der Waals surface area contributed by atoms with E-state index >= 15 is 0 Å². The van der Waals surface area contributed by atoms with Gasteiger partial charge in [-0.2, -0.15) is 13.2 Å². The molecule has 0 saturated heterocycles. The third-order valence-electron chi connectivity index (χ3n) is 2.90.